The Morgan fingerprint density at radius 3 is 1.60 bits per heavy atom. The second-order valence-corrected chi connectivity index (χ2v) is 10.1. The Kier molecular flexibility index (Phi) is 8.27. The summed E-state index contributed by atoms with van der Waals surface area (Å²) in [6, 6.07) is 10.6. The van der Waals surface area contributed by atoms with Gasteiger partial charge in [-0.3, -0.25) is 10.6 Å². The van der Waals surface area contributed by atoms with Crippen molar-refractivity contribution in [2.45, 2.75) is 120 Å². The molecule has 4 rings (SSSR count). The van der Waals surface area contributed by atoms with Gasteiger partial charge in [0.15, 0.2) is 0 Å². The largest absolute Gasteiger partial charge is 0.382 e. The smallest absolute Gasteiger partial charge is 0.146 e. The Labute approximate surface area is 187 Å². The van der Waals surface area contributed by atoms with Crippen molar-refractivity contribution in [3.8, 4) is 0 Å². The van der Waals surface area contributed by atoms with Crippen molar-refractivity contribution in [3.63, 3.8) is 0 Å². The van der Waals surface area contributed by atoms with Crippen LogP contribution >= 0.6 is 0 Å². The number of hydrogen-bond donors (Lipinski definition) is 4. The number of nitrogens with one attached hydrogen (secondary N) is 4. The molecule has 0 aliphatic heterocycles. The molecule has 1 aromatic rings. The number of para-hydroxylation sites is 1. The fourth-order valence-corrected chi connectivity index (χ4v) is 6.12. The van der Waals surface area contributed by atoms with Crippen LogP contribution in [0.2, 0.25) is 0 Å². The topological polar surface area (TPSA) is 48.1 Å². The SMILES string of the molecule is [Si]NC(NC1CCCCC1)(NC1CCCCC1)c1ccccc1NC1CCCCC1. The van der Waals surface area contributed by atoms with Gasteiger partial charge in [0, 0.05) is 29.4 Å². The van der Waals surface area contributed by atoms with Gasteiger partial charge >= 0.3 is 0 Å². The fourth-order valence-electron chi connectivity index (χ4n) is 5.85. The van der Waals surface area contributed by atoms with E-state index < -0.39 is 5.79 Å². The second kappa shape index (κ2) is 11.1. The van der Waals surface area contributed by atoms with E-state index in [0.29, 0.717) is 18.1 Å². The van der Waals surface area contributed by atoms with E-state index in [9.17, 15) is 0 Å². The van der Waals surface area contributed by atoms with Crippen molar-refractivity contribution >= 4 is 16.1 Å². The summed E-state index contributed by atoms with van der Waals surface area (Å²) < 4.78 is 0. The summed E-state index contributed by atoms with van der Waals surface area (Å²) in [7, 11) is 3.78. The van der Waals surface area contributed by atoms with Crippen molar-refractivity contribution in [1.82, 2.24) is 15.6 Å². The van der Waals surface area contributed by atoms with Gasteiger partial charge in [-0.2, -0.15) is 0 Å². The molecular weight excluding hydrogens is 384 g/mol. The van der Waals surface area contributed by atoms with Crippen molar-refractivity contribution < 1.29 is 0 Å². The predicted molar refractivity (Wildman–Crippen MR) is 128 cm³/mol. The maximum Gasteiger partial charge on any atom is 0.146 e. The molecule has 0 aromatic heterocycles. The highest BCUT2D eigenvalue weighted by atomic mass is 28.2. The van der Waals surface area contributed by atoms with Gasteiger partial charge < -0.3 is 10.3 Å². The fraction of sp³-hybridized carbons (Fsp3) is 0.760. The van der Waals surface area contributed by atoms with Crippen LogP contribution in [0.15, 0.2) is 24.3 Å². The average Bonchev–Trinajstić information content (AvgIpc) is 2.81. The summed E-state index contributed by atoms with van der Waals surface area (Å²) in [4.78, 5) is 3.55. The molecular formula is C25H41N4Si. The van der Waals surface area contributed by atoms with Gasteiger partial charge in [0.05, 0.1) is 0 Å². The van der Waals surface area contributed by atoms with Crippen molar-refractivity contribution in [3.05, 3.63) is 29.8 Å². The molecule has 4 N–H and O–H groups in total. The van der Waals surface area contributed by atoms with Crippen LogP contribution in [0, 0.1) is 0 Å². The minimum atomic E-state index is -0.459. The van der Waals surface area contributed by atoms with Crippen LogP contribution in [0.5, 0.6) is 0 Å². The van der Waals surface area contributed by atoms with Crippen LogP contribution in [0.25, 0.3) is 0 Å². The molecule has 4 nitrogen and oxygen atoms in total. The molecule has 3 saturated carbocycles. The van der Waals surface area contributed by atoms with Crippen LogP contribution in [-0.4, -0.2) is 28.5 Å². The number of rotatable bonds is 8. The predicted octanol–water partition coefficient (Wildman–Crippen LogP) is 5.06. The molecule has 1 aromatic carbocycles. The molecule has 0 spiro atoms. The quantitative estimate of drug-likeness (QED) is 0.347. The molecule has 0 heterocycles. The summed E-state index contributed by atoms with van der Waals surface area (Å²) in [6.45, 7) is 0. The first-order valence-corrected chi connectivity index (χ1v) is 13.1. The summed E-state index contributed by atoms with van der Waals surface area (Å²) >= 11 is 0. The molecule has 5 heteroatoms. The lowest BCUT2D eigenvalue weighted by atomic mass is 9.91. The summed E-state index contributed by atoms with van der Waals surface area (Å²) in [6.07, 6.45) is 19.8. The molecule has 30 heavy (non-hydrogen) atoms. The Bertz CT molecular complexity index is 614. The van der Waals surface area contributed by atoms with E-state index in [0.717, 1.165) is 0 Å². The highest BCUT2D eigenvalue weighted by Crippen LogP contribution is 2.32. The van der Waals surface area contributed by atoms with Crippen LogP contribution in [0.1, 0.15) is 102 Å². The van der Waals surface area contributed by atoms with Crippen LogP contribution in [0.3, 0.4) is 0 Å². The minimum absolute atomic E-state index is 0.459. The second-order valence-electron chi connectivity index (χ2n) is 9.86. The van der Waals surface area contributed by atoms with Crippen molar-refractivity contribution in [1.29, 1.82) is 0 Å². The first kappa shape index (κ1) is 22.3. The van der Waals surface area contributed by atoms with Gasteiger partial charge in [-0.1, -0.05) is 76.0 Å². The number of benzene rings is 1. The van der Waals surface area contributed by atoms with Crippen LogP contribution < -0.4 is 20.9 Å². The molecule has 3 aliphatic rings. The van der Waals surface area contributed by atoms with Gasteiger partial charge in [-0.05, 0) is 44.6 Å². The van der Waals surface area contributed by atoms with E-state index in [2.05, 4.69) is 55.6 Å². The molecule has 0 saturated heterocycles. The Balaban J connectivity index is 1.61. The molecule has 3 aliphatic carbocycles. The Hall–Kier alpha value is -0.883. The van der Waals surface area contributed by atoms with Gasteiger partial charge in [-0.15, -0.1) is 0 Å². The maximum absolute atomic E-state index is 4.05. The summed E-state index contributed by atoms with van der Waals surface area (Å²) in [5, 5.41) is 12.0. The monoisotopic (exact) mass is 425 g/mol. The van der Waals surface area contributed by atoms with E-state index in [1.807, 2.05) is 0 Å². The first-order valence-electron chi connectivity index (χ1n) is 12.6. The third-order valence-electron chi connectivity index (χ3n) is 7.53. The molecule has 0 amide bonds. The van der Waals surface area contributed by atoms with Crippen molar-refractivity contribution in [2.75, 3.05) is 5.32 Å². The lowest BCUT2D eigenvalue weighted by Gasteiger charge is -2.44. The zero-order valence-corrected chi connectivity index (χ0v) is 19.6. The highest BCUT2D eigenvalue weighted by Gasteiger charge is 2.37. The molecule has 0 unspecified atom stereocenters. The molecule has 165 valence electrons. The van der Waals surface area contributed by atoms with Gasteiger partial charge in [0.25, 0.3) is 0 Å². The average molecular weight is 426 g/mol. The third-order valence-corrected chi connectivity index (χ3v) is 7.91. The summed E-state index contributed by atoms with van der Waals surface area (Å²) in [5.41, 5.74) is 2.56. The van der Waals surface area contributed by atoms with E-state index in [1.165, 1.54) is 108 Å². The van der Waals surface area contributed by atoms with E-state index in [4.69, 9.17) is 0 Å². The Morgan fingerprint density at radius 2 is 1.10 bits per heavy atom. The Morgan fingerprint density at radius 1 is 0.633 bits per heavy atom. The molecule has 0 atom stereocenters. The maximum atomic E-state index is 4.05. The third kappa shape index (κ3) is 5.67. The van der Waals surface area contributed by atoms with E-state index >= 15 is 0 Å². The van der Waals surface area contributed by atoms with E-state index in [1.54, 1.807) is 0 Å². The van der Waals surface area contributed by atoms with Crippen LogP contribution in [-0.2, 0) is 5.79 Å². The van der Waals surface area contributed by atoms with Crippen molar-refractivity contribution in [2.24, 2.45) is 0 Å². The van der Waals surface area contributed by atoms with Gasteiger partial charge in [-0.25, -0.2) is 0 Å². The minimum Gasteiger partial charge on any atom is -0.382 e. The standard InChI is InChI=1S/C25H41N4Si/c30-29-25(27-21-14-6-2-7-15-21,28-22-16-8-3-9-17-22)23-18-10-11-19-24(23)26-20-12-4-1-5-13-20/h10-11,18-22,26-29H,1-9,12-17H2. The number of anilines is 1. The normalized spacial score (nSPS) is 22.8. The highest BCUT2D eigenvalue weighted by molar-refractivity contribution is 6.05. The zero-order valence-electron chi connectivity index (χ0n) is 18.6. The van der Waals surface area contributed by atoms with E-state index in [-0.39, 0.29) is 0 Å². The lowest BCUT2D eigenvalue weighted by molar-refractivity contribution is 0.154. The van der Waals surface area contributed by atoms with Gasteiger partial charge in [0.1, 0.15) is 16.2 Å². The summed E-state index contributed by atoms with van der Waals surface area (Å²) in [5.74, 6) is -0.459. The zero-order chi connectivity index (χ0) is 20.7. The first-order chi connectivity index (χ1) is 14.8. The number of hydrogen-bond acceptors (Lipinski definition) is 4. The lowest BCUT2D eigenvalue weighted by Crippen LogP contribution is -2.67. The molecule has 0 bridgehead atoms. The molecule has 3 fully saturated rings. The van der Waals surface area contributed by atoms with Crippen LogP contribution in [0.4, 0.5) is 5.69 Å². The molecule has 3 radical (unpaired) electrons. The van der Waals surface area contributed by atoms with Gasteiger partial charge in [0.2, 0.25) is 0 Å².